The fraction of sp³-hybridized carbons (Fsp3) is 0.263. The average molecular weight is 603 g/mol. The number of aliphatic hydroxyl groups is 1. The number of rotatable bonds is 10. The maximum absolute atomic E-state index is 13.0. The Balaban J connectivity index is 1.25. The van der Waals surface area contributed by atoms with Gasteiger partial charge >= 0.3 is 0 Å². The predicted octanol–water partition coefficient (Wildman–Crippen LogP) is 6.55. The molecule has 2 amide bonds. The minimum atomic E-state index is -0.590. The molecular formula is C38H38N2O5. The first-order chi connectivity index (χ1) is 21.9. The molecule has 0 saturated carbocycles. The minimum absolute atomic E-state index is 0.00560. The lowest BCUT2D eigenvalue weighted by molar-refractivity contribution is -0.275. The van der Waals surface area contributed by atoms with E-state index < -0.39 is 6.29 Å². The second-order valence-electron chi connectivity index (χ2n) is 11.9. The number of carbonyl (C=O) groups is 2. The molecule has 0 aliphatic carbocycles. The molecule has 0 aromatic heterocycles. The van der Waals surface area contributed by atoms with Gasteiger partial charge in [-0.25, -0.2) is 0 Å². The Kier molecular flexibility index (Phi) is 9.05. The van der Waals surface area contributed by atoms with Crippen molar-refractivity contribution in [2.24, 2.45) is 5.92 Å². The first-order valence-electron chi connectivity index (χ1n) is 15.3. The van der Waals surface area contributed by atoms with E-state index in [2.05, 4.69) is 31.5 Å². The molecule has 1 saturated heterocycles. The largest absolute Gasteiger partial charge is 0.392 e. The Bertz CT molecular complexity index is 1670. The summed E-state index contributed by atoms with van der Waals surface area (Å²) in [7, 11) is 2.06. The second-order valence-corrected chi connectivity index (χ2v) is 11.9. The van der Waals surface area contributed by atoms with Crippen LogP contribution in [0.3, 0.4) is 0 Å². The molecule has 230 valence electrons. The van der Waals surface area contributed by atoms with Crippen LogP contribution < -0.4 is 0 Å². The van der Waals surface area contributed by atoms with Gasteiger partial charge in [0.1, 0.15) is 0 Å². The van der Waals surface area contributed by atoms with Gasteiger partial charge in [0.05, 0.1) is 36.5 Å². The van der Waals surface area contributed by atoms with Crippen LogP contribution >= 0.6 is 0 Å². The van der Waals surface area contributed by atoms with Crippen LogP contribution in [0.4, 0.5) is 0 Å². The van der Waals surface area contributed by atoms with Crippen LogP contribution in [0.5, 0.6) is 0 Å². The van der Waals surface area contributed by atoms with Crippen molar-refractivity contribution >= 4 is 11.8 Å². The maximum atomic E-state index is 13.0. The van der Waals surface area contributed by atoms with E-state index in [1.165, 1.54) is 4.90 Å². The van der Waals surface area contributed by atoms with Gasteiger partial charge in [-0.3, -0.25) is 14.5 Å². The Morgan fingerprint density at radius 3 is 2.16 bits per heavy atom. The highest BCUT2D eigenvalue weighted by molar-refractivity contribution is 6.21. The molecule has 0 bridgehead atoms. The molecule has 45 heavy (non-hydrogen) atoms. The van der Waals surface area contributed by atoms with E-state index in [1.54, 1.807) is 24.3 Å². The van der Waals surface area contributed by atoms with E-state index in [4.69, 9.17) is 9.47 Å². The normalized spacial score (nSPS) is 21.3. The lowest BCUT2D eigenvalue weighted by Crippen LogP contribution is -2.43. The van der Waals surface area contributed by atoms with Gasteiger partial charge in [-0.15, -0.1) is 6.58 Å². The summed E-state index contributed by atoms with van der Waals surface area (Å²) in [4.78, 5) is 29.4. The Hall–Kier alpha value is -4.40. The molecule has 0 unspecified atom stereocenters. The number of nitrogens with zero attached hydrogens (tertiary/aromatic N) is 2. The molecule has 2 heterocycles. The van der Waals surface area contributed by atoms with Crippen molar-refractivity contribution in [2.75, 3.05) is 20.1 Å². The van der Waals surface area contributed by atoms with Gasteiger partial charge in [0.2, 0.25) is 0 Å². The number of likely N-dealkylation sites (N-methyl/N-ethyl adjacent to an activating group) is 1. The Labute approximate surface area is 264 Å². The van der Waals surface area contributed by atoms with Gasteiger partial charge in [0.25, 0.3) is 11.8 Å². The third kappa shape index (κ3) is 6.39. The summed E-state index contributed by atoms with van der Waals surface area (Å²) in [5.74, 6) is -0.453. The van der Waals surface area contributed by atoms with Gasteiger partial charge in [0.15, 0.2) is 6.29 Å². The van der Waals surface area contributed by atoms with E-state index in [-0.39, 0.29) is 43.1 Å². The van der Waals surface area contributed by atoms with Crippen LogP contribution in [0.1, 0.15) is 62.3 Å². The highest BCUT2D eigenvalue weighted by Gasteiger charge is 2.39. The number of fused-ring (bicyclic) bond motifs is 1. The van der Waals surface area contributed by atoms with Gasteiger partial charge in [-0.05, 0) is 59.1 Å². The first kappa shape index (κ1) is 30.6. The third-order valence-electron chi connectivity index (χ3n) is 8.69. The summed E-state index contributed by atoms with van der Waals surface area (Å²) in [5, 5.41) is 9.54. The van der Waals surface area contributed by atoms with Crippen molar-refractivity contribution in [1.29, 1.82) is 0 Å². The van der Waals surface area contributed by atoms with Crippen LogP contribution in [0, 0.1) is 5.92 Å². The van der Waals surface area contributed by atoms with Gasteiger partial charge in [-0.1, -0.05) is 85.8 Å². The van der Waals surface area contributed by atoms with E-state index in [1.807, 2.05) is 72.8 Å². The standard InChI is InChI=1S/C38H38N2O5/c1-4-19-39(3)23-34-25(2)35(28-17-15-26(24-41)16-18-28)45-38(44-34)31-12-8-11-30(21-31)29-10-7-9-27(20-29)22-40-36(42)32-13-5-6-14-33(32)37(40)43/h4-18,20-21,25,34-35,38,41H,1,19,22-24H2,2-3H3/t25-,34+,35+,38+/m0/s1. The average Bonchev–Trinajstić information content (AvgIpc) is 3.31. The lowest BCUT2D eigenvalue weighted by atomic mass is 9.90. The number of hydrogen-bond donors (Lipinski definition) is 1. The van der Waals surface area contributed by atoms with Gasteiger partial charge in [-0.2, -0.15) is 0 Å². The SMILES string of the molecule is C=CCN(C)C[C@H]1O[C@@H](c2cccc(-c3cccc(CN4C(=O)c5ccccc5C4=O)c3)c2)O[C@@H](c2ccc(CO)cc2)[C@H]1C. The van der Waals surface area contributed by atoms with E-state index in [9.17, 15) is 14.7 Å². The number of ether oxygens (including phenoxy) is 2. The zero-order chi connectivity index (χ0) is 31.5. The number of benzene rings is 4. The number of amides is 2. The molecule has 4 aromatic carbocycles. The van der Waals surface area contributed by atoms with Gasteiger partial charge in [0, 0.05) is 24.6 Å². The molecule has 2 aliphatic rings. The summed E-state index contributed by atoms with van der Waals surface area (Å²) < 4.78 is 13.3. The molecule has 2 aliphatic heterocycles. The lowest BCUT2D eigenvalue weighted by Gasteiger charge is -2.42. The maximum Gasteiger partial charge on any atom is 0.261 e. The summed E-state index contributed by atoms with van der Waals surface area (Å²) >= 11 is 0. The minimum Gasteiger partial charge on any atom is -0.392 e. The van der Waals surface area contributed by atoms with Crippen LogP contribution in [-0.2, 0) is 22.6 Å². The van der Waals surface area contributed by atoms with Crippen LogP contribution in [0.25, 0.3) is 11.1 Å². The number of hydrogen-bond acceptors (Lipinski definition) is 6. The fourth-order valence-corrected chi connectivity index (χ4v) is 6.21. The van der Waals surface area contributed by atoms with Crippen molar-refractivity contribution < 1.29 is 24.2 Å². The van der Waals surface area contributed by atoms with Crippen LogP contribution in [0.2, 0.25) is 0 Å². The zero-order valence-electron chi connectivity index (χ0n) is 25.6. The van der Waals surface area contributed by atoms with Crippen molar-refractivity contribution in [1.82, 2.24) is 9.80 Å². The highest BCUT2D eigenvalue weighted by atomic mass is 16.7. The number of aliphatic hydroxyl groups excluding tert-OH is 1. The van der Waals surface area contributed by atoms with Gasteiger partial charge < -0.3 is 19.5 Å². The monoisotopic (exact) mass is 602 g/mol. The molecule has 4 atom stereocenters. The summed E-state index contributed by atoms with van der Waals surface area (Å²) in [6.07, 6.45) is 0.999. The summed E-state index contributed by atoms with van der Waals surface area (Å²) in [5.41, 5.74) is 6.51. The Morgan fingerprint density at radius 2 is 1.49 bits per heavy atom. The fourth-order valence-electron chi connectivity index (χ4n) is 6.21. The molecular weight excluding hydrogens is 564 g/mol. The van der Waals surface area contributed by atoms with Crippen LogP contribution in [-0.4, -0.2) is 53.0 Å². The molecule has 0 spiro atoms. The van der Waals surface area contributed by atoms with Crippen molar-refractivity contribution in [2.45, 2.75) is 38.6 Å². The predicted molar refractivity (Wildman–Crippen MR) is 173 cm³/mol. The molecule has 4 aromatic rings. The topological polar surface area (TPSA) is 79.3 Å². The van der Waals surface area contributed by atoms with E-state index in [0.29, 0.717) is 11.1 Å². The number of carbonyl (C=O) groups excluding carboxylic acids is 2. The molecule has 6 rings (SSSR count). The van der Waals surface area contributed by atoms with E-state index in [0.717, 1.165) is 46.5 Å². The quantitative estimate of drug-likeness (QED) is 0.164. The van der Waals surface area contributed by atoms with Crippen molar-refractivity contribution in [3.8, 4) is 11.1 Å². The highest BCUT2D eigenvalue weighted by Crippen LogP contribution is 2.42. The second kappa shape index (κ2) is 13.3. The molecule has 1 fully saturated rings. The number of imide groups is 1. The third-order valence-corrected chi connectivity index (χ3v) is 8.69. The molecule has 7 heteroatoms. The van der Waals surface area contributed by atoms with Crippen molar-refractivity contribution in [3.05, 3.63) is 143 Å². The zero-order valence-corrected chi connectivity index (χ0v) is 25.6. The van der Waals surface area contributed by atoms with E-state index >= 15 is 0 Å². The summed E-state index contributed by atoms with van der Waals surface area (Å²) in [6.45, 7) is 7.70. The molecule has 0 radical (unpaired) electrons. The summed E-state index contributed by atoms with van der Waals surface area (Å²) in [6, 6.07) is 30.9. The molecule has 1 N–H and O–H groups in total. The smallest absolute Gasteiger partial charge is 0.261 e. The van der Waals surface area contributed by atoms with Crippen molar-refractivity contribution in [3.63, 3.8) is 0 Å². The molecule has 7 nitrogen and oxygen atoms in total. The van der Waals surface area contributed by atoms with Crippen LogP contribution in [0.15, 0.2) is 110 Å². The first-order valence-corrected chi connectivity index (χ1v) is 15.3. The Morgan fingerprint density at radius 1 is 0.822 bits per heavy atom.